The molecule has 0 spiro atoms. The number of nitrogens with one attached hydrogen (secondary N) is 1. The van der Waals surface area contributed by atoms with Crippen molar-refractivity contribution in [2.24, 2.45) is 0 Å². The standard InChI is InChI=1S/C10H11F2NO4S/c1-5-3-8(12)9(4-7(5)11)18(16,17)13-6(2)10(14)15/h3-4,6,13H,1-2H3,(H,14,15)/t6-/m1/s1. The van der Waals surface area contributed by atoms with E-state index in [1.54, 1.807) is 4.72 Å². The van der Waals surface area contributed by atoms with E-state index < -0.39 is 38.6 Å². The van der Waals surface area contributed by atoms with Gasteiger partial charge in [-0.15, -0.1) is 0 Å². The summed E-state index contributed by atoms with van der Waals surface area (Å²) in [6.07, 6.45) is 0. The van der Waals surface area contributed by atoms with Crippen molar-refractivity contribution in [2.45, 2.75) is 24.8 Å². The van der Waals surface area contributed by atoms with Crippen LogP contribution in [0.5, 0.6) is 0 Å². The smallest absolute Gasteiger partial charge is 0.321 e. The van der Waals surface area contributed by atoms with Crippen molar-refractivity contribution >= 4 is 16.0 Å². The first-order chi connectivity index (χ1) is 8.15. The highest BCUT2D eigenvalue weighted by molar-refractivity contribution is 7.89. The summed E-state index contributed by atoms with van der Waals surface area (Å²) in [4.78, 5) is 9.60. The molecule has 18 heavy (non-hydrogen) atoms. The summed E-state index contributed by atoms with van der Waals surface area (Å²) < 4.78 is 51.7. The van der Waals surface area contributed by atoms with Crippen LogP contribution in [0.4, 0.5) is 8.78 Å². The number of carboxylic acid groups (broad SMARTS) is 1. The lowest BCUT2D eigenvalue weighted by Crippen LogP contribution is -2.38. The maximum absolute atomic E-state index is 13.4. The number of halogens is 2. The fraction of sp³-hybridized carbons (Fsp3) is 0.300. The second-order valence-corrected chi connectivity index (χ2v) is 5.40. The molecule has 0 saturated carbocycles. The lowest BCUT2D eigenvalue weighted by molar-refractivity contribution is -0.138. The number of hydrogen-bond donors (Lipinski definition) is 2. The predicted molar refractivity (Wildman–Crippen MR) is 58.5 cm³/mol. The third kappa shape index (κ3) is 3.02. The topological polar surface area (TPSA) is 83.5 Å². The van der Waals surface area contributed by atoms with Gasteiger partial charge in [0.15, 0.2) is 0 Å². The molecule has 0 aliphatic heterocycles. The fourth-order valence-corrected chi connectivity index (χ4v) is 2.45. The minimum absolute atomic E-state index is 0.0438. The second-order valence-electron chi connectivity index (χ2n) is 3.71. The molecule has 1 atom stereocenters. The van der Waals surface area contributed by atoms with Crippen molar-refractivity contribution in [1.82, 2.24) is 4.72 Å². The molecule has 0 aliphatic carbocycles. The van der Waals surface area contributed by atoms with Crippen LogP contribution in [0.3, 0.4) is 0 Å². The summed E-state index contributed by atoms with van der Waals surface area (Å²) in [5.41, 5.74) is -0.0438. The van der Waals surface area contributed by atoms with Crippen LogP contribution < -0.4 is 4.72 Å². The number of carboxylic acids is 1. The SMILES string of the molecule is Cc1cc(F)c(S(=O)(=O)N[C@H](C)C(=O)O)cc1F. The van der Waals surface area contributed by atoms with Crippen molar-refractivity contribution in [3.8, 4) is 0 Å². The first-order valence-corrected chi connectivity index (χ1v) is 6.34. The molecule has 0 bridgehead atoms. The van der Waals surface area contributed by atoms with Crippen molar-refractivity contribution in [1.29, 1.82) is 0 Å². The number of benzene rings is 1. The molecule has 1 rings (SSSR count). The van der Waals surface area contributed by atoms with E-state index in [0.29, 0.717) is 6.07 Å². The van der Waals surface area contributed by atoms with Gasteiger partial charge in [0.05, 0.1) is 0 Å². The van der Waals surface area contributed by atoms with Gasteiger partial charge in [0, 0.05) is 0 Å². The largest absolute Gasteiger partial charge is 0.480 e. The monoisotopic (exact) mass is 279 g/mol. The van der Waals surface area contributed by atoms with Crippen LogP contribution in [0, 0.1) is 18.6 Å². The van der Waals surface area contributed by atoms with E-state index in [1.165, 1.54) is 6.92 Å². The maximum Gasteiger partial charge on any atom is 0.321 e. The van der Waals surface area contributed by atoms with Crippen LogP contribution in [-0.4, -0.2) is 25.5 Å². The highest BCUT2D eigenvalue weighted by Crippen LogP contribution is 2.19. The summed E-state index contributed by atoms with van der Waals surface area (Å²) in [6, 6.07) is -0.199. The van der Waals surface area contributed by atoms with Gasteiger partial charge in [-0.3, -0.25) is 4.79 Å². The Morgan fingerprint density at radius 3 is 2.39 bits per heavy atom. The van der Waals surface area contributed by atoms with Crippen molar-refractivity contribution in [3.05, 3.63) is 29.3 Å². The Hall–Kier alpha value is -1.54. The zero-order valence-electron chi connectivity index (χ0n) is 9.57. The summed E-state index contributed by atoms with van der Waals surface area (Å²) in [6.45, 7) is 2.35. The fourth-order valence-electron chi connectivity index (χ4n) is 1.18. The molecule has 0 amide bonds. The maximum atomic E-state index is 13.4. The van der Waals surface area contributed by atoms with E-state index in [9.17, 15) is 22.0 Å². The zero-order valence-corrected chi connectivity index (χ0v) is 10.4. The molecule has 1 aromatic rings. The van der Waals surface area contributed by atoms with Gasteiger partial charge < -0.3 is 5.11 Å². The van der Waals surface area contributed by atoms with E-state index >= 15 is 0 Å². The quantitative estimate of drug-likeness (QED) is 0.862. The van der Waals surface area contributed by atoms with E-state index in [0.717, 1.165) is 13.0 Å². The lowest BCUT2D eigenvalue weighted by atomic mass is 10.2. The highest BCUT2D eigenvalue weighted by Gasteiger charge is 2.25. The van der Waals surface area contributed by atoms with Gasteiger partial charge in [0.2, 0.25) is 10.0 Å². The second kappa shape index (κ2) is 4.99. The molecule has 0 aliphatic rings. The van der Waals surface area contributed by atoms with E-state index in [-0.39, 0.29) is 5.56 Å². The number of hydrogen-bond acceptors (Lipinski definition) is 3. The third-order valence-electron chi connectivity index (χ3n) is 2.21. The molecule has 0 heterocycles. The van der Waals surface area contributed by atoms with Gasteiger partial charge in [-0.05, 0) is 31.5 Å². The number of carbonyl (C=O) groups is 1. The molecule has 0 unspecified atom stereocenters. The summed E-state index contributed by atoms with van der Waals surface area (Å²) in [5, 5.41) is 8.57. The van der Waals surface area contributed by atoms with Crippen LogP contribution in [0.25, 0.3) is 0 Å². The summed E-state index contributed by atoms with van der Waals surface area (Å²) in [7, 11) is -4.42. The van der Waals surface area contributed by atoms with Gasteiger partial charge >= 0.3 is 5.97 Å². The van der Waals surface area contributed by atoms with Crippen molar-refractivity contribution < 1.29 is 27.1 Å². The molecule has 5 nitrogen and oxygen atoms in total. The Balaban J connectivity index is 3.21. The number of rotatable bonds is 4. The average Bonchev–Trinajstić information content (AvgIpc) is 2.22. The van der Waals surface area contributed by atoms with Gasteiger partial charge in [0.1, 0.15) is 22.6 Å². The van der Waals surface area contributed by atoms with Crippen LogP contribution in [0.2, 0.25) is 0 Å². The number of aliphatic carboxylic acids is 1. The number of sulfonamides is 1. The molecule has 0 aromatic heterocycles. The Labute approximate surface area is 102 Å². The molecule has 1 aromatic carbocycles. The molecular weight excluding hydrogens is 268 g/mol. The van der Waals surface area contributed by atoms with Crippen molar-refractivity contribution in [3.63, 3.8) is 0 Å². The molecule has 0 saturated heterocycles. The highest BCUT2D eigenvalue weighted by atomic mass is 32.2. The van der Waals surface area contributed by atoms with E-state index in [2.05, 4.69) is 0 Å². The first kappa shape index (κ1) is 14.5. The molecule has 2 N–H and O–H groups in total. The Bertz CT molecular complexity index is 586. The summed E-state index contributed by atoms with van der Waals surface area (Å²) in [5.74, 6) is -3.45. The molecule has 8 heteroatoms. The summed E-state index contributed by atoms with van der Waals surface area (Å²) >= 11 is 0. The normalized spacial score (nSPS) is 13.3. The first-order valence-electron chi connectivity index (χ1n) is 4.86. The van der Waals surface area contributed by atoms with Crippen LogP contribution in [0.1, 0.15) is 12.5 Å². The van der Waals surface area contributed by atoms with Crippen LogP contribution in [-0.2, 0) is 14.8 Å². The third-order valence-corrected chi connectivity index (χ3v) is 3.76. The predicted octanol–water partition coefficient (Wildman–Crippen LogP) is 1.02. The minimum atomic E-state index is -4.42. The van der Waals surface area contributed by atoms with Gasteiger partial charge in [-0.2, -0.15) is 4.72 Å². The molecule has 0 fully saturated rings. The number of aryl methyl sites for hydroxylation is 1. The Morgan fingerprint density at radius 2 is 1.89 bits per heavy atom. The van der Waals surface area contributed by atoms with Crippen molar-refractivity contribution in [2.75, 3.05) is 0 Å². The van der Waals surface area contributed by atoms with Gasteiger partial charge in [-0.1, -0.05) is 0 Å². The van der Waals surface area contributed by atoms with E-state index in [4.69, 9.17) is 5.11 Å². The Kier molecular flexibility index (Phi) is 4.02. The average molecular weight is 279 g/mol. The van der Waals surface area contributed by atoms with Crippen LogP contribution in [0.15, 0.2) is 17.0 Å². The molecule has 0 radical (unpaired) electrons. The Morgan fingerprint density at radius 1 is 1.33 bits per heavy atom. The van der Waals surface area contributed by atoms with E-state index in [1.807, 2.05) is 0 Å². The molecular formula is C10H11F2NO4S. The molecule has 100 valence electrons. The zero-order chi connectivity index (χ0) is 14.1. The minimum Gasteiger partial charge on any atom is -0.480 e. The van der Waals surface area contributed by atoms with Crippen LogP contribution >= 0.6 is 0 Å². The van der Waals surface area contributed by atoms with Gasteiger partial charge in [-0.25, -0.2) is 17.2 Å². The lowest BCUT2D eigenvalue weighted by Gasteiger charge is -2.11. The van der Waals surface area contributed by atoms with Gasteiger partial charge in [0.25, 0.3) is 0 Å².